The van der Waals surface area contributed by atoms with Crippen LogP contribution in [0, 0.1) is 13.8 Å². The molecule has 3 aromatic rings. The summed E-state index contributed by atoms with van der Waals surface area (Å²) in [5, 5.41) is 3.41. The van der Waals surface area contributed by atoms with Crippen molar-refractivity contribution >= 4 is 50.7 Å². The number of nitrogens with one attached hydrogen (secondary N) is 1. The molecule has 0 unspecified atom stereocenters. The van der Waals surface area contributed by atoms with Crippen molar-refractivity contribution < 1.29 is 18.0 Å². The van der Waals surface area contributed by atoms with Crippen molar-refractivity contribution in [1.82, 2.24) is 10.2 Å². The summed E-state index contributed by atoms with van der Waals surface area (Å²) < 4.78 is 26.9. The second-order valence-corrected chi connectivity index (χ2v) is 11.9. The van der Waals surface area contributed by atoms with Crippen molar-refractivity contribution in [2.75, 3.05) is 24.2 Å². The van der Waals surface area contributed by atoms with E-state index in [2.05, 4.69) is 5.32 Å². The molecular weight excluding hydrogens is 545 g/mol. The molecule has 0 saturated heterocycles. The van der Waals surface area contributed by atoms with Gasteiger partial charge in [-0.15, -0.1) is 0 Å². The molecule has 0 saturated carbocycles. The Morgan fingerprint density at radius 3 is 2.26 bits per heavy atom. The van der Waals surface area contributed by atoms with Crippen LogP contribution in [0.2, 0.25) is 10.0 Å². The number of benzene rings is 3. The maximum absolute atomic E-state index is 14.0. The highest BCUT2D eigenvalue weighted by Crippen LogP contribution is 2.27. The van der Waals surface area contributed by atoms with Crippen LogP contribution in [0.1, 0.15) is 22.3 Å². The van der Waals surface area contributed by atoms with Gasteiger partial charge in [-0.05, 0) is 54.3 Å². The highest BCUT2D eigenvalue weighted by Gasteiger charge is 2.33. The van der Waals surface area contributed by atoms with Gasteiger partial charge in [-0.2, -0.15) is 0 Å². The molecule has 202 valence electrons. The van der Waals surface area contributed by atoms with E-state index in [1.165, 1.54) is 11.9 Å². The van der Waals surface area contributed by atoms with Gasteiger partial charge >= 0.3 is 0 Å². The molecule has 3 rings (SSSR count). The number of sulfonamides is 1. The van der Waals surface area contributed by atoms with Crippen molar-refractivity contribution in [1.29, 1.82) is 0 Å². The Hall–Kier alpha value is -3.07. The van der Waals surface area contributed by atoms with Crippen LogP contribution in [-0.2, 0) is 32.6 Å². The third-order valence-electron chi connectivity index (χ3n) is 6.19. The summed E-state index contributed by atoms with van der Waals surface area (Å²) in [7, 11) is -2.34. The van der Waals surface area contributed by atoms with Crippen molar-refractivity contribution in [2.45, 2.75) is 32.9 Å². The first-order valence-corrected chi connectivity index (χ1v) is 14.5. The minimum atomic E-state index is -3.84. The summed E-state index contributed by atoms with van der Waals surface area (Å²) in [6.45, 7) is 3.12. The van der Waals surface area contributed by atoms with Crippen LogP contribution in [-0.4, -0.2) is 51.0 Å². The number of hydrogen-bond donors (Lipinski definition) is 1. The van der Waals surface area contributed by atoms with E-state index in [4.69, 9.17) is 23.2 Å². The average Bonchev–Trinajstić information content (AvgIpc) is 2.86. The molecule has 2 amide bonds. The Labute approximate surface area is 234 Å². The molecule has 0 aliphatic rings. The number of carbonyl (C=O) groups excluding carboxylic acids is 2. The fourth-order valence-corrected chi connectivity index (χ4v) is 5.50. The van der Waals surface area contributed by atoms with E-state index in [1.54, 1.807) is 37.3 Å². The maximum Gasteiger partial charge on any atom is 0.244 e. The minimum Gasteiger partial charge on any atom is -0.357 e. The van der Waals surface area contributed by atoms with Crippen molar-refractivity contribution in [3.05, 3.63) is 99.0 Å². The second kappa shape index (κ2) is 12.7. The monoisotopic (exact) mass is 575 g/mol. The van der Waals surface area contributed by atoms with Gasteiger partial charge in [0, 0.05) is 30.1 Å². The second-order valence-electron chi connectivity index (χ2n) is 9.14. The van der Waals surface area contributed by atoms with E-state index >= 15 is 0 Å². The molecule has 0 aliphatic carbocycles. The lowest BCUT2D eigenvalue weighted by atomic mass is 10.0. The molecule has 38 heavy (non-hydrogen) atoms. The van der Waals surface area contributed by atoms with Gasteiger partial charge in [-0.3, -0.25) is 13.9 Å². The smallest absolute Gasteiger partial charge is 0.244 e. The predicted octanol–water partition coefficient (Wildman–Crippen LogP) is 4.76. The molecule has 1 N–H and O–H groups in total. The quantitative estimate of drug-likeness (QED) is 0.377. The molecule has 0 heterocycles. The normalized spacial score (nSPS) is 12.1. The number of halogens is 2. The van der Waals surface area contributed by atoms with E-state index in [-0.39, 0.29) is 18.9 Å². The van der Waals surface area contributed by atoms with Crippen LogP contribution < -0.4 is 9.62 Å². The highest BCUT2D eigenvalue weighted by molar-refractivity contribution is 7.92. The maximum atomic E-state index is 14.0. The zero-order chi connectivity index (χ0) is 28.0. The fraction of sp³-hybridized carbons (Fsp3) is 0.286. The summed E-state index contributed by atoms with van der Waals surface area (Å²) in [6.07, 6.45) is 1.28. The number of likely N-dealkylation sites (N-methyl/N-ethyl adjacent to an activating group) is 1. The summed E-state index contributed by atoms with van der Waals surface area (Å²) >= 11 is 12.5. The zero-order valence-corrected chi connectivity index (χ0v) is 24.1. The summed E-state index contributed by atoms with van der Waals surface area (Å²) in [5.74, 6) is -0.934. The molecule has 0 aliphatic heterocycles. The first-order valence-electron chi connectivity index (χ1n) is 11.9. The predicted molar refractivity (Wildman–Crippen MR) is 153 cm³/mol. The van der Waals surface area contributed by atoms with Gasteiger partial charge in [0.05, 0.1) is 11.9 Å². The first kappa shape index (κ1) is 29.5. The van der Waals surface area contributed by atoms with Gasteiger partial charge < -0.3 is 10.2 Å². The molecule has 7 nitrogen and oxygen atoms in total. The van der Waals surface area contributed by atoms with Gasteiger partial charge in [0.1, 0.15) is 12.6 Å². The highest BCUT2D eigenvalue weighted by atomic mass is 35.5. The van der Waals surface area contributed by atoms with Crippen LogP contribution in [0.4, 0.5) is 5.69 Å². The van der Waals surface area contributed by atoms with Crippen LogP contribution in [0.3, 0.4) is 0 Å². The van der Waals surface area contributed by atoms with Crippen molar-refractivity contribution in [3.8, 4) is 0 Å². The molecule has 0 radical (unpaired) electrons. The lowest BCUT2D eigenvalue weighted by molar-refractivity contribution is -0.139. The number of rotatable bonds is 10. The lowest BCUT2D eigenvalue weighted by Crippen LogP contribution is -2.53. The number of nitrogens with zero attached hydrogens (tertiary/aromatic N) is 2. The lowest BCUT2D eigenvalue weighted by Gasteiger charge is -2.33. The summed E-state index contributed by atoms with van der Waals surface area (Å²) in [4.78, 5) is 28.5. The molecule has 0 bridgehead atoms. The average molecular weight is 577 g/mol. The molecule has 3 aromatic carbocycles. The van der Waals surface area contributed by atoms with Gasteiger partial charge in [-0.1, -0.05) is 71.7 Å². The summed E-state index contributed by atoms with van der Waals surface area (Å²) in [5.41, 5.74) is 3.38. The SMILES string of the molecule is CNC(=O)[C@H](Cc1ccccc1)N(Cc1ccc(Cl)cc1Cl)C(=O)CN(c1cc(C)ccc1C)S(C)(=O)=O. The van der Waals surface area contributed by atoms with E-state index in [0.717, 1.165) is 21.7 Å². The van der Waals surface area contributed by atoms with Gasteiger partial charge in [0.25, 0.3) is 0 Å². The fourth-order valence-electron chi connectivity index (χ4n) is 4.14. The van der Waals surface area contributed by atoms with E-state index in [1.807, 2.05) is 43.3 Å². The molecule has 1 atom stereocenters. The topological polar surface area (TPSA) is 86.8 Å². The molecule has 0 aromatic heterocycles. The van der Waals surface area contributed by atoms with Crippen LogP contribution >= 0.6 is 23.2 Å². The molecule has 0 fully saturated rings. The van der Waals surface area contributed by atoms with Crippen LogP contribution in [0.25, 0.3) is 0 Å². The number of amides is 2. The standard InChI is InChI=1S/C28H31Cl2N3O4S/c1-19-10-11-20(2)25(14-19)33(38(4,36)37)18-27(34)32(17-22-12-13-23(29)16-24(22)30)26(28(35)31-3)15-21-8-6-5-7-9-21/h5-14,16,26H,15,17-18H2,1-4H3,(H,31,35)/t26-/m0/s1. The van der Waals surface area contributed by atoms with E-state index < -0.39 is 28.5 Å². The van der Waals surface area contributed by atoms with Gasteiger partial charge in [0.2, 0.25) is 21.8 Å². The number of carbonyl (C=O) groups is 2. The van der Waals surface area contributed by atoms with Crippen LogP contribution in [0.5, 0.6) is 0 Å². The number of anilines is 1. The van der Waals surface area contributed by atoms with Crippen molar-refractivity contribution in [3.63, 3.8) is 0 Å². The molecular formula is C28H31Cl2N3O4S. The third-order valence-corrected chi connectivity index (χ3v) is 7.90. The zero-order valence-electron chi connectivity index (χ0n) is 21.7. The Morgan fingerprint density at radius 1 is 0.974 bits per heavy atom. The minimum absolute atomic E-state index is 0.0237. The third kappa shape index (κ3) is 7.49. The summed E-state index contributed by atoms with van der Waals surface area (Å²) in [6, 6.07) is 18.7. The number of hydrogen-bond acceptors (Lipinski definition) is 4. The van der Waals surface area contributed by atoms with E-state index in [0.29, 0.717) is 26.9 Å². The molecule has 0 spiro atoms. The first-order chi connectivity index (χ1) is 17.9. The Kier molecular flexibility index (Phi) is 9.82. The van der Waals surface area contributed by atoms with Crippen molar-refractivity contribution in [2.24, 2.45) is 0 Å². The Morgan fingerprint density at radius 2 is 1.66 bits per heavy atom. The Balaban J connectivity index is 2.08. The number of aryl methyl sites for hydroxylation is 2. The van der Waals surface area contributed by atoms with Crippen LogP contribution in [0.15, 0.2) is 66.7 Å². The van der Waals surface area contributed by atoms with Gasteiger partial charge in [0.15, 0.2) is 0 Å². The molecule has 10 heteroatoms. The Bertz CT molecular complexity index is 1410. The van der Waals surface area contributed by atoms with Gasteiger partial charge in [-0.25, -0.2) is 8.42 Å². The van der Waals surface area contributed by atoms with E-state index in [9.17, 15) is 18.0 Å². The largest absolute Gasteiger partial charge is 0.357 e.